The van der Waals surface area contributed by atoms with E-state index >= 15 is 0 Å². The molecule has 1 heterocycles. The van der Waals surface area contributed by atoms with Gasteiger partial charge in [-0.1, -0.05) is 30.3 Å². The first-order valence-corrected chi connectivity index (χ1v) is 7.50. The van der Waals surface area contributed by atoms with E-state index in [-0.39, 0.29) is 18.2 Å². The molecule has 1 unspecified atom stereocenters. The van der Waals surface area contributed by atoms with Gasteiger partial charge < -0.3 is 15.3 Å². The Bertz CT molecular complexity index is 661. The number of benzene rings is 1. The number of aliphatic carboxylic acids is 1. The summed E-state index contributed by atoms with van der Waals surface area (Å²) in [6.45, 7) is 0. The highest BCUT2D eigenvalue weighted by atomic mass is 16.4. The number of carboxylic acid groups (broad SMARTS) is 1. The molecule has 2 aromatic rings. The smallest absolute Gasteiger partial charge is 0.305 e. The van der Waals surface area contributed by atoms with Gasteiger partial charge in [-0.2, -0.15) is 0 Å². The third kappa shape index (κ3) is 2.43. The third-order valence-electron chi connectivity index (χ3n) is 4.33. The van der Waals surface area contributed by atoms with Crippen molar-refractivity contribution in [1.29, 1.82) is 0 Å². The Morgan fingerprint density at radius 3 is 2.09 bits per heavy atom. The van der Waals surface area contributed by atoms with E-state index in [1.165, 1.54) is 4.57 Å². The molecule has 0 fully saturated rings. The summed E-state index contributed by atoms with van der Waals surface area (Å²) in [5, 5.41) is 30.2. The fourth-order valence-corrected chi connectivity index (χ4v) is 3.28. The van der Waals surface area contributed by atoms with Crippen molar-refractivity contribution < 1.29 is 20.1 Å². The van der Waals surface area contributed by atoms with Crippen LogP contribution in [-0.2, 0) is 17.6 Å². The van der Waals surface area contributed by atoms with Crippen molar-refractivity contribution in [3.8, 4) is 11.8 Å². The van der Waals surface area contributed by atoms with Crippen LogP contribution in [0.15, 0.2) is 30.3 Å². The second-order valence-electron chi connectivity index (χ2n) is 5.71. The Kier molecular flexibility index (Phi) is 3.79. The Labute approximate surface area is 128 Å². The highest BCUT2D eigenvalue weighted by Crippen LogP contribution is 2.43. The van der Waals surface area contributed by atoms with Crippen molar-refractivity contribution in [2.75, 3.05) is 0 Å². The molecule has 0 bridgehead atoms. The van der Waals surface area contributed by atoms with Gasteiger partial charge in [0.05, 0.1) is 12.5 Å². The second-order valence-corrected chi connectivity index (χ2v) is 5.71. The molecule has 0 radical (unpaired) electrons. The van der Waals surface area contributed by atoms with Crippen molar-refractivity contribution >= 4 is 5.97 Å². The fourth-order valence-electron chi connectivity index (χ4n) is 3.28. The van der Waals surface area contributed by atoms with Crippen molar-refractivity contribution in [1.82, 2.24) is 4.57 Å². The monoisotopic (exact) mass is 301 g/mol. The summed E-state index contributed by atoms with van der Waals surface area (Å²) in [4.78, 5) is 11.2. The summed E-state index contributed by atoms with van der Waals surface area (Å²) in [5.41, 5.74) is 2.27. The van der Waals surface area contributed by atoms with Gasteiger partial charge in [-0.3, -0.25) is 9.36 Å². The number of nitrogens with zero attached hydrogens (tertiary/aromatic N) is 1. The van der Waals surface area contributed by atoms with Crippen molar-refractivity contribution in [3.63, 3.8) is 0 Å². The predicted octanol–water partition coefficient (Wildman–Crippen LogP) is 2.84. The van der Waals surface area contributed by atoms with E-state index in [4.69, 9.17) is 0 Å². The number of hydrogen-bond acceptors (Lipinski definition) is 3. The van der Waals surface area contributed by atoms with Gasteiger partial charge in [0.25, 0.3) is 0 Å². The lowest BCUT2D eigenvalue weighted by molar-refractivity contribution is -0.137. The lowest BCUT2D eigenvalue weighted by Gasteiger charge is -2.19. The van der Waals surface area contributed by atoms with E-state index in [2.05, 4.69) is 0 Å². The zero-order valence-corrected chi connectivity index (χ0v) is 12.2. The maximum absolute atomic E-state index is 11.2. The van der Waals surface area contributed by atoms with Gasteiger partial charge in [0.1, 0.15) is 0 Å². The zero-order valence-electron chi connectivity index (χ0n) is 12.2. The van der Waals surface area contributed by atoms with Crippen LogP contribution in [0.1, 0.15) is 42.0 Å². The first kappa shape index (κ1) is 14.5. The first-order valence-electron chi connectivity index (χ1n) is 7.50. The molecule has 1 aromatic heterocycles. The summed E-state index contributed by atoms with van der Waals surface area (Å²) in [7, 11) is 0. The van der Waals surface area contributed by atoms with Gasteiger partial charge in [0.2, 0.25) is 0 Å². The van der Waals surface area contributed by atoms with Crippen LogP contribution in [0.2, 0.25) is 0 Å². The molecule has 0 amide bonds. The molecule has 3 N–H and O–H groups in total. The third-order valence-corrected chi connectivity index (χ3v) is 4.33. The normalized spacial score (nSPS) is 15.3. The summed E-state index contributed by atoms with van der Waals surface area (Å²) in [6, 6.07) is 8.49. The van der Waals surface area contributed by atoms with Gasteiger partial charge in [-0.25, -0.2) is 0 Å². The largest absolute Gasteiger partial charge is 0.494 e. The quantitative estimate of drug-likeness (QED) is 0.811. The van der Waals surface area contributed by atoms with E-state index in [1.54, 1.807) is 0 Å². The molecule has 0 aliphatic heterocycles. The van der Waals surface area contributed by atoms with E-state index < -0.39 is 12.0 Å². The maximum Gasteiger partial charge on any atom is 0.305 e. The second kappa shape index (κ2) is 5.75. The van der Waals surface area contributed by atoms with Crippen LogP contribution >= 0.6 is 0 Å². The molecule has 0 saturated carbocycles. The summed E-state index contributed by atoms with van der Waals surface area (Å²) in [5.74, 6) is -0.969. The molecular weight excluding hydrogens is 282 g/mol. The average molecular weight is 301 g/mol. The molecule has 3 rings (SSSR count). The maximum atomic E-state index is 11.2. The summed E-state index contributed by atoms with van der Waals surface area (Å²) >= 11 is 0. The molecule has 1 aliphatic rings. The Hall–Kier alpha value is -2.43. The molecular formula is C17H19NO4. The number of aromatic hydroxyl groups is 2. The minimum atomic E-state index is -0.973. The predicted molar refractivity (Wildman–Crippen MR) is 81.2 cm³/mol. The van der Waals surface area contributed by atoms with Crippen LogP contribution < -0.4 is 0 Å². The lowest BCUT2D eigenvalue weighted by atomic mass is 9.95. The molecule has 116 valence electrons. The Morgan fingerprint density at radius 2 is 1.59 bits per heavy atom. The molecule has 0 spiro atoms. The van der Waals surface area contributed by atoms with E-state index in [9.17, 15) is 20.1 Å². The van der Waals surface area contributed by atoms with E-state index in [0.717, 1.165) is 42.4 Å². The van der Waals surface area contributed by atoms with Gasteiger partial charge in [0.15, 0.2) is 11.8 Å². The number of hydrogen-bond donors (Lipinski definition) is 3. The lowest BCUT2D eigenvalue weighted by Crippen LogP contribution is -2.14. The fraction of sp³-hybridized carbons (Fsp3) is 0.353. The Balaban J connectivity index is 2.12. The molecule has 5 nitrogen and oxygen atoms in total. The van der Waals surface area contributed by atoms with E-state index in [1.807, 2.05) is 30.3 Å². The van der Waals surface area contributed by atoms with Crippen LogP contribution in [0.25, 0.3) is 0 Å². The number of rotatable bonds is 4. The van der Waals surface area contributed by atoms with Crippen molar-refractivity contribution in [2.24, 2.45) is 0 Å². The van der Waals surface area contributed by atoms with Gasteiger partial charge in [0, 0.05) is 11.1 Å². The molecule has 0 saturated heterocycles. The van der Waals surface area contributed by atoms with Crippen LogP contribution in [0.4, 0.5) is 0 Å². The van der Waals surface area contributed by atoms with Crippen LogP contribution in [-0.4, -0.2) is 25.9 Å². The van der Waals surface area contributed by atoms with Crippen LogP contribution in [0.5, 0.6) is 11.8 Å². The number of carboxylic acids is 1. The number of carbonyl (C=O) groups is 1. The van der Waals surface area contributed by atoms with E-state index in [0.29, 0.717) is 0 Å². The topological polar surface area (TPSA) is 82.7 Å². The van der Waals surface area contributed by atoms with Crippen LogP contribution in [0, 0.1) is 0 Å². The summed E-state index contributed by atoms with van der Waals surface area (Å²) in [6.07, 6.45) is 3.18. The molecule has 5 heteroatoms. The SMILES string of the molecule is O=C(O)CC(c1ccccc1)n1c(O)c2c(c1O)CCCC2. The highest BCUT2D eigenvalue weighted by Gasteiger charge is 2.30. The van der Waals surface area contributed by atoms with Gasteiger partial charge >= 0.3 is 5.97 Å². The highest BCUT2D eigenvalue weighted by molar-refractivity contribution is 5.68. The molecule has 22 heavy (non-hydrogen) atoms. The molecule has 1 aromatic carbocycles. The van der Waals surface area contributed by atoms with Crippen molar-refractivity contribution in [2.45, 2.75) is 38.1 Å². The van der Waals surface area contributed by atoms with Crippen LogP contribution in [0.3, 0.4) is 0 Å². The number of aromatic nitrogens is 1. The zero-order chi connectivity index (χ0) is 15.7. The number of fused-ring (bicyclic) bond motifs is 1. The Morgan fingerprint density at radius 1 is 1.05 bits per heavy atom. The van der Waals surface area contributed by atoms with Gasteiger partial charge in [-0.05, 0) is 31.2 Å². The average Bonchev–Trinajstić information content (AvgIpc) is 2.78. The minimum Gasteiger partial charge on any atom is -0.494 e. The molecule has 1 aliphatic carbocycles. The standard InChI is InChI=1S/C17H19NO4/c19-15(20)10-14(11-6-2-1-3-7-11)18-16(21)12-8-4-5-9-13(12)17(18)22/h1-3,6-7,14,21-22H,4-5,8-10H2,(H,19,20). The van der Waals surface area contributed by atoms with Crippen molar-refractivity contribution in [3.05, 3.63) is 47.0 Å². The summed E-state index contributed by atoms with van der Waals surface area (Å²) < 4.78 is 1.37. The molecule has 1 atom stereocenters. The minimum absolute atomic E-state index is 0.00213. The van der Waals surface area contributed by atoms with Gasteiger partial charge in [-0.15, -0.1) is 0 Å². The first-order chi connectivity index (χ1) is 10.6.